The highest BCUT2D eigenvalue weighted by Gasteiger charge is 2.38. The van der Waals surface area contributed by atoms with Crippen LogP contribution in [0.1, 0.15) is 26.2 Å². The van der Waals surface area contributed by atoms with Crippen LogP contribution in [0, 0.1) is 11.8 Å². The van der Waals surface area contributed by atoms with E-state index in [4.69, 9.17) is 0 Å². The van der Waals surface area contributed by atoms with Gasteiger partial charge in [-0.05, 0) is 45.3 Å². The van der Waals surface area contributed by atoms with E-state index in [1.807, 2.05) is 0 Å². The van der Waals surface area contributed by atoms with E-state index in [1.165, 1.54) is 38.9 Å². The van der Waals surface area contributed by atoms with E-state index in [9.17, 15) is 0 Å². The van der Waals surface area contributed by atoms with Gasteiger partial charge in [-0.3, -0.25) is 4.90 Å². The molecule has 0 aromatic carbocycles. The summed E-state index contributed by atoms with van der Waals surface area (Å²) in [4.78, 5) is 5.07. The van der Waals surface area contributed by atoms with Gasteiger partial charge in [0.2, 0.25) is 0 Å². The molecule has 2 nitrogen and oxygen atoms in total. The fraction of sp³-hybridized carbons (Fsp3) is 1.00. The highest BCUT2D eigenvalue weighted by molar-refractivity contribution is 4.92. The van der Waals surface area contributed by atoms with Gasteiger partial charge in [0.1, 0.15) is 0 Å². The molecule has 0 N–H and O–H groups in total. The molecule has 0 aromatic rings. The van der Waals surface area contributed by atoms with E-state index in [1.54, 1.807) is 0 Å². The monoisotopic (exact) mass is 196 g/mol. The summed E-state index contributed by atoms with van der Waals surface area (Å²) in [5.74, 6) is 2.04. The van der Waals surface area contributed by atoms with E-state index in [0.29, 0.717) is 0 Å². The summed E-state index contributed by atoms with van der Waals surface area (Å²) in [7, 11) is 4.39. The van der Waals surface area contributed by atoms with E-state index >= 15 is 0 Å². The van der Waals surface area contributed by atoms with Crippen molar-refractivity contribution in [3.05, 3.63) is 0 Å². The van der Waals surface area contributed by atoms with Crippen LogP contribution in [0.5, 0.6) is 0 Å². The molecule has 4 atom stereocenters. The highest BCUT2D eigenvalue weighted by Crippen LogP contribution is 2.37. The van der Waals surface area contributed by atoms with Crippen molar-refractivity contribution in [2.24, 2.45) is 11.8 Å². The van der Waals surface area contributed by atoms with Gasteiger partial charge in [-0.15, -0.1) is 0 Å². The standard InChI is InChI=1S/C12H24N2/c1-4-10-8-14-6-5-11(10)7-12(14)9-13(2)3/h10-12H,4-9H2,1-3H3. The molecule has 0 spiro atoms. The Hall–Kier alpha value is -0.0800. The van der Waals surface area contributed by atoms with Crippen LogP contribution < -0.4 is 0 Å². The van der Waals surface area contributed by atoms with Gasteiger partial charge in [-0.25, -0.2) is 0 Å². The Kier molecular flexibility index (Phi) is 3.13. The van der Waals surface area contributed by atoms with Gasteiger partial charge in [0.25, 0.3) is 0 Å². The van der Waals surface area contributed by atoms with Gasteiger partial charge < -0.3 is 4.90 Å². The van der Waals surface area contributed by atoms with Gasteiger partial charge in [-0.1, -0.05) is 13.3 Å². The van der Waals surface area contributed by atoms with Crippen molar-refractivity contribution in [1.29, 1.82) is 0 Å². The van der Waals surface area contributed by atoms with E-state index < -0.39 is 0 Å². The molecule has 3 fully saturated rings. The molecule has 0 saturated carbocycles. The largest absolute Gasteiger partial charge is 0.308 e. The quantitative estimate of drug-likeness (QED) is 0.677. The van der Waals surface area contributed by atoms with E-state index in [2.05, 4.69) is 30.8 Å². The van der Waals surface area contributed by atoms with Crippen molar-refractivity contribution < 1.29 is 0 Å². The van der Waals surface area contributed by atoms with Gasteiger partial charge >= 0.3 is 0 Å². The summed E-state index contributed by atoms with van der Waals surface area (Å²) in [6, 6.07) is 0.853. The van der Waals surface area contributed by atoms with Crippen molar-refractivity contribution in [3.8, 4) is 0 Å². The predicted octanol–water partition coefficient (Wildman–Crippen LogP) is 1.67. The highest BCUT2D eigenvalue weighted by atomic mass is 15.2. The molecule has 2 bridgehead atoms. The smallest absolute Gasteiger partial charge is 0.0225 e. The second kappa shape index (κ2) is 4.19. The molecule has 3 aliphatic rings. The van der Waals surface area contributed by atoms with Crippen molar-refractivity contribution in [3.63, 3.8) is 0 Å². The first-order valence-electron chi connectivity index (χ1n) is 6.09. The second-order valence-electron chi connectivity index (χ2n) is 5.36. The maximum absolute atomic E-state index is 2.73. The lowest BCUT2D eigenvalue weighted by atomic mass is 9.74. The number of hydrogen-bond donors (Lipinski definition) is 0. The Balaban J connectivity index is 1.94. The van der Waals surface area contributed by atoms with Crippen LogP contribution in [0.2, 0.25) is 0 Å². The summed E-state index contributed by atoms with van der Waals surface area (Å²) in [5.41, 5.74) is 0. The Bertz CT molecular complexity index is 191. The van der Waals surface area contributed by atoms with Gasteiger partial charge in [0.05, 0.1) is 0 Å². The zero-order valence-corrected chi connectivity index (χ0v) is 9.87. The molecular formula is C12H24N2. The van der Waals surface area contributed by atoms with Crippen molar-refractivity contribution >= 4 is 0 Å². The molecule has 0 radical (unpaired) electrons. The minimum Gasteiger partial charge on any atom is -0.308 e. The first-order valence-corrected chi connectivity index (χ1v) is 6.09. The van der Waals surface area contributed by atoms with Crippen LogP contribution in [0.4, 0.5) is 0 Å². The molecule has 0 aromatic heterocycles. The van der Waals surface area contributed by atoms with Crippen molar-refractivity contribution in [2.45, 2.75) is 32.2 Å². The first-order chi connectivity index (χ1) is 6.70. The molecule has 82 valence electrons. The lowest BCUT2D eigenvalue weighted by Crippen LogP contribution is -2.56. The molecule has 4 unspecified atom stereocenters. The van der Waals surface area contributed by atoms with Gasteiger partial charge in [0.15, 0.2) is 0 Å². The minimum atomic E-state index is 0.853. The van der Waals surface area contributed by atoms with Crippen LogP contribution in [-0.2, 0) is 0 Å². The summed E-state index contributed by atoms with van der Waals surface area (Å²) < 4.78 is 0. The second-order valence-corrected chi connectivity index (χ2v) is 5.36. The van der Waals surface area contributed by atoms with Crippen LogP contribution in [0.15, 0.2) is 0 Å². The molecular weight excluding hydrogens is 172 g/mol. The fourth-order valence-electron chi connectivity index (χ4n) is 3.32. The summed E-state index contributed by atoms with van der Waals surface area (Å²) in [6.45, 7) is 6.35. The average Bonchev–Trinajstić information content (AvgIpc) is 2.17. The van der Waals surface area contributed by atoms with Gasteiger partial charge in [0, 0.05) is 19.1 Å². The Morgan fingerprint density at radius 2 is 2.14 bits per heavy atom. The van der Waals surface area contributed by atoms with Crippen LogP contribution in [0.25, 0.3) is 0 Å². The number of likely N-dealkylation sites (N-methyl/N-ethyl adjacent to an activating group) is 1. The van der Waals surface area contributed by atoms with Gasteiger partial charge in [-0.2, -0.15) is 0 Å². The Labute approximate surface area is 88.3 Å². The summed E-state index contributed by atoms with van der Waals surface area (Å²) in [5, 5.41) is 0. The third-order valence-electron chi connectivity index (χ3n) is 4.11. The summed E-state index contributed by atoms with van der Waals surface area (Å²) in [6.07, 6.45) is 4.30. The minimum absolute atomic E-state index is 0.853. The van der Waals surface area contributed by atoms with Crippen molar-refractivity contribution in [1.82, 2.24) is 9.80 Å². The molecule has 0 amide bonds. The Morgan fingerprint density at radius 3 is 2.64 bits per heavy atom. The lowest BCUT2D eigenvalue weighted by molar-refractivity contribution is -0.00898. The maximum atomic E-state index is 2.73. The van der Waals surface area contributed by atoms with Crippen LogP contribution in [-0.4, -0.2) is 49.6 Å². The third-order valence-corrected chi connectivity index (χ3v) is 4.11. The fourth-order valence-corrected chi connectivity index (χ4v) is 3.32. The number of nitrogens with zero attached hydrogens (tertiary/aromatic N) is 2. The third kappa shape index (κ3) is 1.96. The lowest BCUT2D eigenvalue weighted by Gasteiger charge is -2.50. The SMILES string of the molecule is CCC1CN2CCC1CC2CN(C)C. The molecule has 2 heteroatoms. The Morgan fingerprint density at radius 1 is 1.36 bits per heavy atom. The topological polar surface area (TPSA) is 6.48 Å². The molecule has 0 aliphatic carbocycles. The first kappa shape index (κ1) is 10.4. The molecule has 3 aliphatic heterocycles. The molecule has 3 heterocycles. The van der Waals surface area contributed by atoms with E-state index in [0.717, 1.165) is 17.9 Å². The normalized spacial score (nSPS) is 42.0. The van der Waals surface area contributed by atoms with Crippen molar-refractivity contribution in [2.75, 3.05) is 33.7 Å². The molecule has 14 heavy (non-hydrogen) atoms. The average molecular weight is 196 g/mol. The summed E-state index contributed by atoms with van der Waals surface area (Å²) >= 11 is 0. The number of rotatable bonds is 3. The van der Waals surface area contributed by atoms with Crippen LogP contribution >= 0.6 is 0 Å². The van der Waals surface area contributed by atoms with Crippen LogP contribution in [0.3, 0.4) is 0 Å². The zero-order valence-electron chi connectivity index (χ0n) is 9.87. The molecule has 3 rings (SSSR count). The molecule has 3 saturated heterocycles. The zero-order chi connectivity index (χ0) is 10.1. The van der Waals surface area contributed by atoms with E-state index in [-0.39, 0.29) is 0 Å². The number of hydrogen-bond acceptors (Lipinski definition) is 2. The predicted molar refractivity (Wildman–Crippen MR) is 60.4 cm³/mol. The maximum Gasteiger partial charge on any atom is 0.0225 e. The number of fused-ring (bicyclic) bond motifs is 3. The number of piperidine rings is 3.